The third kappa shape index (κ3) is 2.96. The van der Waals surface area contributed by atoms with Crippen LogP contribution in [0.15, 0.2) is 54.9 Å². The molecule has 0 radical (unpaired) electrons. The van der Waals surface area contributed by atoms with Gasteiger partial charge < -0.3 is 4.40 Å². The zero-order valence-corrected chi connectivity index (χ0v) is 29.2. The minimum atomic E-state index is -0.138. The molecule has 0 spiro atoms. The Morgan fingerprint density at radius 1 is 0.580 bits per heavy atom. The van der Waals surface area contributed by atoms with E-state index in [9.17, 15) is 0 Å². The molecular formula is C47H43N3. The van der Waals surface area contributed by atoms with Crippen molar-refractivity contribution in [3.8, 4) is 11.1 Å². The molecule has 4 atom stereocenters. The van der Waals surface area contributed by atoms with Crippen LogP contribution in [-0.4, -0.2) is 14.4 Å². The first-order valence-electron chi connectivity index (χ1n) is 20.1. The predicted octanol–water partition coefficient (Wildman–Crippen LogP) is 11.9. The van der Waals surface area contributed by atoms with E-state index in [4.69, 9.17) is 9.97 Å². The van der Waals surface area contributed by atoms with Gasteiger partial charge in [0.15, 0.2) is 0 Å². The fourth-order valence-electron chi connectivity index (χ4n) is 14.8. The zero-order chi connectivity index (χ0) is 32.4. The average molecular weight is 650 g/mol. The summed E-state index contributed by atoms with van der Waals surface area (Å²) >= 11 is 0. The molecule has 4 unspecified atom stereocenters. The van der Waals surface area contributed by atoms with Gasteiger partial charge in [-0.25, -0.2) is 0 Å². The number of benzene rings is 3. The Balaban J connectivity index is 1.22. The molecule has 16 rings (SSSR count). The van der Waals surface area contributed by atoms with Crippen LogP contribution in [0, 0.1) is 23.7 Å². The number of nitrogens with zero attached hydrogens (tertiary/aromatic N) is 3. The number of fused-ring (bicyclic) bond motifs is 9. The molecule has 3 aromatic carbocycles. The van der Waals surface area contributed by atoms with Crippen molar-refractivity contribution in [2.24, 2.45) is 23.7 Å². The molecular weight excluding hydrogens is 607 g/mol. The lowest BCUT2D eigenvalue weighted by molar-refractivity contribution is 0.165. The molecule has 4 aromatic heterocycles. The largest absolute Gasteiger partial charge is 0.305 e. The SMILES string of the molecule is CC1(C)c2cccc3cccc(c23)-c2cc3c4c5c(ncc4n4c6cnc7c(c6c(c21)c34)C1CC2CC(CC7C2)C1)C1CC2CC(C1)CC5C2. The first-order valence-corrected chi connectivity index (χ1v) is 20.1. The van der Waals surface area contributed by atoms with E-state index in [0.29, 0.717) is 23.7 Å². The number of aromatic nitrogens is 3. The second kappa shape index (κ2) is 8.55. The van der Waals surface area contributed by atoms with Crippen LogP contribution in [0.1, 0.15) is 135 Å². The van der Waals surface area contributed by atoms with Gasteiger partial charge in [0.25, 0.3) is 0 Å². The summed E-state index contributed by atoms with van der Waals surface area (Å²) in [7, 11) is 0. The summed E-state index contributed by atoms with van der Waals surface area (Å²) in [6, 6.07) is 16.8. The molecule has 0 aliphatic heterocycles. The van der Waals surface area contributed by atoms with Crippen molar-refractivity contribution in [2.45, 2.75) is 107 Å². The lowest BCUT2D eigenvalue weighted by atomic mass is 9.66. The first kappa shape index (κ1) is 26.8. The van der Waals surface area contributed by atoms with Crippen molar-refractivity contribution in [3.63, 3.8) is 0 Å². The molecule has 0 saturated heterocycles. The van der Waals surface area contributed by atoms with Crippen LogP contribution in [0.2, 0.25) is 0 Å². The van der Waals surface area contributed by atoms with Crippen molar-refractivity contribution >= 4 is 48.9 Å². The van der Waals surface area contributed by atoms with Gasteiger partial charge in [-0.1, -0.05) is 50.2 Å². The summed E-state index contributed by atoms with van der Waals surface area (Å²) in [5.74, 6) is 6.06. The highest BCUT2D eigenvalue weighted by molar-refractivity contribution is 6.28. The summed E-state index contributed by atoms with van der Waals surface area (Å²) in [6.45, 7) is 5.06. The Morgan fingerprint density at radius 2 is 1.14 bits per heavy atom. The topological polar surface area (TPSA) is 30.2 Å². The molecule has 0 amide bonds. The van der Waals surface area contributed by atoms with Gasteiger partial charge in [0, 0.05) is 50.2 Å². The van der Waals surface area contributed by atoms with E-state index in [-0.39, 0.29) is 5.41 Å². The Morgan fingerprint density at radius 3 is 1.78 bits per heavy atom. The molecule has 3 heteroatoms. The molecule has 7 aromatic rings. The molecule has 4 fully saturated rings. The number of rotatable bonds is 0. The highest BCUT2D eigenvalue weighted by atomic mass is 15.0. The quantitative estimate of drug-likeness (QED) is 0.164. The molecule has 4 heterocycles. The second-order valence-corrected chi connectivity index (χ2v) is 19.0. The molecule has 4 saturated carbocycles. The minimum absolute atomic E-state index is 0.138. The Labute approximate surface area is 292 Å². The normalized spacial score (nSPS) is 32.4. The van der Waals surface area contributed by atoms with Crippen molar-refractivity contribution in [3.05, 3.63) is 88.5 Å². The van der Waals surface area contributed by atoms with Crippen LogP contribution < -0.4 is 0 Å². The zero-order valence-electron chi connectivity index (χ0n) is 29.2. The van der Waals surface area contributed by atoms with E-state index < -0.39 is 0 Å². The Bertz CT molecular complexity index is 2680. The number of hydrogen-bond donors (Lipinski definition) is 0. The molecule has 3 nitrogen and oxygen atoms in total. The standard InChI is InChI=1S/C47H43N3/c1-47(2)34-8-4-6-26-5-3-7-31(37(26)34)32-19-33-40-35(20-48-44-29-15-22-9-23(16-29)12-27(11-22)38(40)44)50-36-21-49-45-30-17-24-10-25(18-30)14-28(13-24)39(45)41(36)42(43(32)47)46(33)50/h3-8,19-25,27-30H,9-18H2,1-2H3. The van der Waals surface area contributed by atoms with E-state index >= 15 is 0 Å². The van der Waals surface area contributed by atoms with E-state index in [1.165, 1.54) is 130 Å². The highest BCUT2D eigenvalue weighted by Crippen LogP contribution is 2.62. The van der Waals surface area contributed by atoms with Crippen LogP contribution >= 0.6 is 0 Å². The van der Waals surface area contributed by atoms with E-state index in [1.54, 1.807) is 27.5 Å². The monoisotopic (exact) mass is 649 g/mol. The minimum Gasteiger partial charge on any atom is -0.305 e. The number of hydrogen-bond acceptors (Lipinski definition) is 2. The molecule has 50 heavy (non-hydrogen) atoms. The Kier molecular flexibility index (Phi) is 4.58. The van der Waals surface area contributed by atoms with Gasteiger partial charge in [-0.3, -0.25) is 9.97 Å². The summed E-state index contributed by atoms with van der Waals surface area (Å²) in [6.07, 6.45) is 18.4. The lowest BCUT2D eigenvalue weighted by Gasteiger charge is -2.38. The van der Waals surface area contributed by atoms with Crippen molar-refractivity contribution < 1.29 is 0 Å². The van der Waals surface area contributed by atoms with Crippen molar-refractivity contribution in [1.82, 2.24) is 14.4 Å². The summed E-state index contributed by atoms with van der Waals surface area (Å²) in [5.41, 5.74) is 16.2. The van der Waals surface area contributed by atoms with Gasteiger partial charge in [0.2, 0.25) is 0 Å². The van der Waals surface area contributed by atoms with Gasteiger partial charge in [0.1, 0.15) is 0 Å². The van der Waals surface area contributed by atoms with Crippen LogP contribution in [0.3, 0.4) is 0 Å². The van der Waals surface area contributed by atoms with Crippen molar-refractivity contribution in [1.29, 1.82) is 0 Å². The van der Waals surface area contributed by atoms with Gasteiger partial charge in [-0.2, -0.15) is 0 Å². The second-order valence-electron chi connectivity index (χ2n) is 19.0. The van der Waals surface area contributed by atoms with Gasteiger partial charge in [-0.15, -0.1) is 0 Å². The smallest absolute Gasteiger partial charge is 0.0728 e. The molecule has 9 aliphatic carbocycles. The molecule has 8 bridgehead atoms. The Hall–Kier alpha value is -3.98. The van der Waals surface area contributed by atoms with Gasteiger partial charge in [0.05, 0.1) is 28.9 Å². The summed E-state index contributed by atoms with van der Waals surface area (Å²) in [5, 5.41) is 8.97. The summed E-state index contributed by atoms with van der Waals surface area (Å²) in [4.78, 5) is 11.1. The highest BCUT2D eigenvalue weighted by Gasteiger charge is 2.47. The average Bonchev–Trinajstić information content (AvgIpc) is 3.49. The van der Waals surface area contributed by atoms with Crippen molar-refractivity contribution in [2.75, 3.05) is 0 Å². The van der Waals surface area contributed by atoms with Gasteiger partial charge in [-0.05, 0) is 150 Å². The van der Waals surface area contributed by atoms with Crippen LogP contribution in [0.25, 0.3) is 60.0 Å². The fraction of sp³-hybridized carbons (Fsp3) is 0.447. The van der Waals surface area contributed by atoms with E-state index in [1.807, 2.05) is 0 Å². The predicted molar refractivity (Wildman–Crippen MR) is 203 cm³/mol. The van der Waals surface area contributed by atoms with Crippen LogP contribution in [0.5, 0.6) is 0 Å². The number of pyridine rings is 2. The maximum absolute atomic E-state index is 5.55. The maximum Gasteiger partial charge on any atom is 0.0728 e. The maximum atomic E-state index is 5.55. The van der Waals surface area contributed by atoms with E-state index in [0.717, 1.165) is 23.7 Å². The molecule has 246 valence electrons. The first-order chi connectivity index (χ1) is 24.5. The van der Waals surface area contributed by atoms with E-state index in [2.05, 4.69) is 73.1 Å². The molecule has 0 N–H and O–H groups in total. The summed E-state index contributed by atoms with van der Waals surface area (Å²) < 4.78 is 2.69. The van der Waals surface area contributed by atoms with Gasteiger partial charge >= 0.3 is 0 Å². The van der Waals surface area contributed by atoms with Crippen LogP contribution in [0.4, 0.5) is 0 Å². The lowest BCUT2D eigenvalue weighted by Crippen LogP contribution is -2.25. The fourth-order valence-corrected chi connectivity index (χ4v) is 14.8. The third-order valence-corrected chi connectivity index (χ3v) is 16.1. The third-order valence-electron chi connectivity index (χ3n) is 16.1. The van der Waals surface area contributed by atoms with Crippen LogP contribution in [-0.2, 0) is 5.41 Å². The molecule has 9 aliphatic rings.